The van der Waals surface area contributed by atoms with Crippen LogP contribution in [0.1, 0.15) is 20.3 Å². The molecule has 0 rings (SSSR count). The molecule has 0 aliphatic rings. The molecule has 0 saturated carbocycles. The smallest absolute Gasteiger partial charge is 0.181 e. The van der Waals surface area contributed by atoms with Crippen molar-refractivity contribution in [2.75, 3.05) is 0 Å². The highest BCUT2D eigenvalue weighted by atomic mass is 19.1. The summed E-state index contributed by atoms with van der Waals surface area (Å²) < 4.78 is 12.3. The van der Waals surface area contributed by atoms with Crippen LogP contribution in [0.4, 0.5) is 4.39 Å². The van der Waals surface area contributed by atoms with Crippen LogP contribution in [0.15, 0.2) is 0 Å². The SMILES string of the molecule is CC[C@@H](C)[C@@H](O)[C@H](F)C=O. The van der Waals surface area contributed by atoms with Crippen LogP contribution in [0.2, 0.25) is 0 Å². The molecule has 0 amide bonds. The number of aliphatic hydroxyl groups excluding tert-OH is 1. The van der Waals surface area contributed by atoms with Gasteiger partial charge < -0.3 is 9.90 Å². The highest BCUT2D eigenvalue weighted by Crippen LogP contribution is 2.11. The second-order valence-corrected chi connectivity index (χ2v) is 2.46. The lowest BCUT2D eigenvalue weighted by Gasteiger charge is -2.16. The first kappa shape index (κ1) is 9.56. The molecule has 0 heterocycles. The summed E-state index contributed by atoms with van der Waals surface area (Å²) in [7, 11) is 0. The molecule has 1 N–H and O–H groups in total. The fourth-order valence-corrected chi connectivity index (χ4v) is 0.636. The van der Waals surface area contributed by atoms with E-state index in [9.17, 15) is 9.18 Å². The fraction of sp³-hybridized carbons (Fsp3) is 0.857. The van der Waals surface area contributed by atoms with Crippen LogP contribution in [0.25, 0.3) is 0 Å². The molecule has 60 valence electrons. The number of alkyl halides is 1. The molecule has 10 heavy (non-hydrogen) atoms. The van der Waals surface area contributed by atoms with E-state index in [1.807, 2.05) is 6.92 Å². The third-order valence-corrected chi connectivity index (χ3v) is 1.68. The van der Waals surface area contributed by atoms with E-state index < -0.39 is 12.3 Å². The number of hydrogen-bond donors (Lipinski definition) is 1. The summed E-state index contributed by atoms with van der Waals surface area (Å²) in [5, 5.41) is 8.98. The van der Waals surface area contributed by atoms with Crippen LogP contribution in [0.5, 0.6) is 0 Å². The van der Waals surface area contributed by atoms with E-state index in [0.29, 0.717) is 6.42 Å². The minimum Gasteiger partial charge on any atom is -0.389 e. The van der Waals surface area contributed by atoms with Crippen molar-refractivity contribution in [3.05, 3.63) is 0 Å². The lowest BCUT2D eigenvalue weighted by molar-refractivity contribution is -0.116. The van der Waals surface area contributed by atoms with Gasteiger partial charge in [0.15, 0.2) is 12.5 Å². The zero-order valence-corrected chi connectivity index (χ0v) is 6.25. The van der Waals surface area contributed by atoms with Crippen molar-refractivity contribution in [1.82, 2.24) is 0 Å². The van der Waals surface area contributed by atoms with Crippen molar-refractivity contribution in [3.8, 4) is 0 Å². The number of aliphatic hydroxyl groups is 1. The van der Waals surface area contributed by atoms with E-state index in [1.165, 1.54) is 0 Å². The Morgan fingerprint density at radius 1 is 1.70 bits per heavy atom. The third kappa shape index (κ3) is 2.43. The number of aldehydes is 1. The van der Waals surface area contributed by atoms with Gasteiger partial charge in [-0.25, -0.2) is 4.39 Å². The van der Waals surface area contributed by atoms with Crippen molar-refractivity contribution in [2.45, 2.75) is 32.5 Å². The number of hydrogen-bond acceptors (Lipinski definition) is 2. The molecule has 0 aromatic heterocycles. The summed E-state index contributed by atoms with van der Waals surface area (Å²) in [6.07, 6.45) is -2.05. The van der Waals surface area contributed by atoms with Gasteiger partial charge in [-0.3, -0.25) is 0 Å². The lowest BCUT2D eigenvalue weighted by Crippen LogP contribution is -2.29. The first-order valence-electron chi connectivity index (χ1n) is 3.40. The van der Waals surface area contributed by atoms with Crippen molar-refractivity contribution in [3.63, 3.8) is 0 Å². The largest absolute Gasteiger partial charge is 0.389 e. The molecule has 0 aliphatic carbocycles. The van der Waals surface area contributed by atoms with Gasteiger partial charge in [0.05, 0.1) is 6.10 Å². The van der Waals surface area contributed by atoms with Gasteiger partial charge in [0, 0.05) is 0 Å². The quantitative estimate of drug-likeness (QED) is 0.602. The highest BCUT2D eigenvalue weighted by Gasteiger charge is 2.22. The summed E-state index contributed by atoms with van der Waals surface area (Å²) in [4.78, 5) is 9.83. The maximum absolute atomic E-state index is 12.3. The predicted octanol–water partition coefficient (Wildman–Crippen LogP) is 0.930. The van der Waals surface area contributed by atoms with E-state index in [1.54, 1.807) is 6.92 Å². The van der Waals surface area contributed by atoms with Crippen molar-refractivity contribution in [2.24, 2.45) is 5.92 Å². The van der Waals surface area contributed by atoms with E-state index in [4.69, 9.17) is 5.11 Å². The van der Waals surface area contributed by atoms with Gasteiger partial charge in [-0.05, 0) is 5.92 Å². The molecule has 0 fully saturated rings. The molecule has 0 aromatic rings. The first-order chi connectivity index (χ1) is 4.63. The summed E-state index contributed by atoms with van der Waals surface area (Å²) in [5.74, 6) is -0.153. The zero-order chi connectivity index (χ0) is 8.15. The molecule has 2 nitrogen and oxygen atoms in total. The minimum atomic E-state index is -1.73. The van der Waals surface area contributed by atoms with Gasteiger partial charge in [-0.1, -0.05) is 20.3 Å². The van der Waals surface area contributed by atoms with Gasteiger partial charge in [0.25, 0.3) is 0 Å². The Balaban J connectivity index is 3.80. The fourth-order valence-electron chi connectivity index (χ4n) is 0.636. The third-order valence-electron chi connectivity index (χ3n) is 1.68. The Bertz CT molecular complexity index is 106. The average Bonchev–Trinajstić information content (AvgIpc) is 2.00. The second kappa shape index (κ2) is 4.39. The molecule has 3 heteroatoms. The van der Waals surface area contributed by atoms with E-state index in [0.717, 1.165) is 0 Å². The van der Waals surface area contributed by atoms with Crippen LogP contribution in [0, 0.1) is 5.92 Å². The van der Waals surface area contributed by atoms with Crippen molar-refractivity contribution in [1.29, 1.82) is 0 Å². The maximum atomic E-state index is 12.3. The van der Waals surface area contributed by atoms with E-state index in [-0.39, 0.29) is 12.2 Å². The van der Waals surface area contributed by atoms with Crippen molar-refractivity contribution >= 4 is 6.29 Å². The Morgan fingerprint density at radius 2 is 2.20 bits per heavy atom. The first-order valence-corrected chi connectivity index (χ1v) is 3.40. The molecule has 0 unspecified atom stereocenters. The van der Waals surface area contributed by atoms with Crippen molar-refractivity contribution < 1.29 is 14.3 Å². The van der Waals surface area contributed by atoms with Gasteiger partial charge in [0.2, 0.25) is 0 Å². The molecule has 0 spiro atoms. The van der Waals surface area contributed by atoms with E-state index in [2.05, 4.69) is 0 Å². The summed E-state index contributed by atoms with van der Waals surface area (Å²) in [6.45, 7) is 3.55. The Kier molecular flexibility index (Phi) is 4.19. The number of carbonyl (C=O) groups excluding carboxylic acids is 1. The van der Waals surface area contributed by atoms with Gasteiger partial charge in [0.1, 0.15) is 0 Å². The monoisotopic (exact) mass is 148 g/mol. The van der Waals surface area contributed by atoms with Crippen LogP contribution >= 0.6 is 0 Å². The normalized spacial score (nSPS) is 19.6. The standard InChI is InChI=1S/C7H13FO2/c1-3-5(2)7(10)6(8)4-9/h4-7,10H,3H2,1-2H3/t5-,6-,7-/m1/s1. The number of carbonyl (C=O) groups is 1. The summed E-state index contributed by atoms with van der Waals surface area (Å²) >= 11 is 0. The predicted molar refractivity (Wildman–Crippen MR) is 36.4 cm³/mol. The molecular formula is C7H13FO2. The molecule has 3 atom stereocenters. The molecule has 0 aliphatic heterocycles. The number of rotatable bonds is 4. The highest BCUT2D eigenvalue weighted by molar-refractivity contribution is 5.56. The summed E-state index contributed by atoms with van der Waals surface area (Å²) in [5.41, 5.74) is 0. The van der Waals surface area contributed by atoms with Crippen LogP contribution in [0.3, 0.4) is 0 Å². The molecule has 0 radical (unpaired) electrons. The topological polar surface area (TPSA) is 37.3 Å². The van der Waals surface area contributed by atoms with E-state index >= 15 is 0 Å². The van der Waals surface area contributed by atoms with Crippen LogP contribution in [-0.4, -0.2) is 23.7 Å². The van der Waals surface area contributed by atoms with Crippen LogP contribution in [-0.2, 0) is 4.79 Å². The zero-order valence-electron chi connectivity index (χ0n) is 6.25. The molecular weight excluding hydrogens is 135 g/mol. The van der Waals surface area contributed by atoms with Crippen LogP contribution < -0.4 is 0 Å². The minimum absolute atomic E-state index is 0.136. The van der Waals surface area contributed by atoms with Gasteiger partial charge in [-0.15, -0.1) is 0 Å². The molecule has 0 aromatic carbocycles. The van der Waals surface area contributed by atoms with Gasteiger partial charge in [-0.2, -0.15) is 0 Å². The maximum Gasteiger partial charge on any atom is 0.181 e. The van der Waals surface area contributed by atoms with Gasteiger partial charge >= 0.3 is 0 Å². The summed E-state index contributed by atoms with van der Waals surface area (Å²) in [6, 6.07) is 0. The second-order valence-electron chi connectivity index (χ2n) is 2.46. The Labute approximate surface area is 60.1 Å². The Hall–Kier alpha value is -0.440. The number of halogens is 1. The Morgan fingerprint density at radius 3 is 2.50 bits per heavy atom. The molecule has 0 bridgehead atoms. The average molecular weight is 148 g/mol. The lowest BCUT2D eigenvalue weighted by atomic mass is 9.99. The molecule has 0 saturated heterocycles.